The van der Waals surface area contributed by atoms with Gasteiger partial charge >= 0.3 is 0 Å². The van der Waals surface area contributed by atoms with Crippen LogP contribution in [0.15, 0.2) is 65.5 Å². The molecule has 0 aliphatic heterocycles. The van der Waals surface area contributed by atoms with Crippen molar-refractivity contribution >= 4 is 5.91 Å². The van der Waals surface area contributed by atoms with Gasteiger partial charge in [0.1, 0.15) is 0 Å². The van der Waals surface area contributed by atoms with Gasteiger partial charge in [-0.2, -0.15) is 5.10 Å². The Hall–Kier alpha value is -3.21. The maximum absolute atomic E-state index is 12.7. The number of rotatable bonds is 3. The first-order valence-electron chi connectivity index (χ1n) is 8.68. The lowest BCUT2D eigenvalue weighted by molar-refractivity contribution is 0.0928. The topological polar surface area (TPSA) is 64.0 Å². The molecule has 3 aromatic rings. The molecule has 1 N–H and O–H groups in total. The van der Waals surface area contributed by atoms with Gasteiger partial charge in [-0.1, -0.05) is 42.5 Å². The number of benzene rings is 2. The fourth-order valence-electron chi connectivity index (χ4n) is 3.47. The third kappa shape index (κ3) is 2.92. The first-order valence-corrected chi connectivity index (χ1v) is 8.68. The van der Waals surface area contributed by atoms with E-state index >= 15 is 0 Å². The maximum Gasteiger partial charge on any atom is 0.276 e. The predicted octanol–water partition coefficient (Wildman–Crippen LogP) is 2.96. The molecule has 5 heteroatoms. The van der Waals surface area contributed by atoms with Crippen LogP contribution < -0.4 is 10.7 Å². The van der Waals surface area contributed by atoms with Gasteiger partial charge in [-0.15, -0.1) is 0 Å². The van der Waals surface area contributed by atoms with Gasteiger partial charge in [0.25, 0.3) is 5.91 Å². The smallest absolute Gasteiger partial charge is 0.276 e. The highest BCUT2D eigenvalue weighted by Crippen LogP contribution is 2.30. The van der Waals surface area contributed by atoms with Crippen molar-refractivity contribution in [2.24, 2.45) is 0 Å². The van der Waals surface area contributed by atoms with E-state index in [4.69, 9.17) is 0 Å². The second kappa shape index (κ2) is 6.59. The van der Waals surface area contributed by atoms with E-state index in [0.717, 1.165) is 24.1 Å². The summed E-state index contributed by atoms with van der Waals surface area (Å²) in [6.07, 6.45) is 1.76. The van der Waals surface area contributed by atoms with Crippen LogP contribution >= 0.6 is 0 Å². The van der Waals surface area contributed by atoms with Crippen LogP contribution in [0.25, 0.3) is 5.69 Å². The Balaban J connectivity index is 1.66. The lowest BCUT2D eigenvalue weighted by Gasteiger charge is -2.15. The Bertz CT molecular complexity index is 1020. The fraction of sp³-hybridized carbons (Fsp3) is 0.190. The van der Waals surface area contributed by atoms with Crippen molar-refractivity contribution in [2.75, 3.05) is 0 Å². The Morgan fingerprint density at radius 1 is 1.12 bits per heavy atom. The molecule has 4 rings (SSSR count). The second-order valence-electron chi connectivity index (χ2n) is 6.51. The van der Waals surface area contributed by atoms with E-state index in [-0.39, 0.29) is 17.2 Å². The summed E-state index contributed by atoms with van der Waals surface area (Å²) in [5.74, 6) is -0.429. The van der Waals surface area contributed by atoms with Gasteiger partial charge in [-0.05, 0) is 43.0 Å². The highest BCUT2D eigenvalue weighted by Gasteiger charge is 2.25. The van der Waals surface area contributed by atoms with Gasteiger partial charge in [-0.3, -0.25) is 9.59 Å². The molecule has 1 heterocycles. The van der Waals surface area contributed by atoms with Crippen molar-refractivity contribution in [3.63, 3.8) is 0 Å². The lowest BCUT2D eigenvalue weighted by atomic mass is 10.1. The number of carbonyl (C=O) groups excluding carboxylic acids is 1. The number of para-hydroxylation sites is 1. The largest absolute Gasteiger partial charge is 0.344 e. The number of amides is 1. The van der Waals surface area contributed by atoms with Crippen molar-refractivity contribution in [2.45, 2.75) is 25.8 Å². The number of hydrogen-bond acceptors (Lipinski definition) is 3. The van der Waals surface area contributed by atoms with Gasteiger partial charge in [0, 0.05) is 11.8 Å². The summed E-state index contributed by atoms with van der Waals surface area (Å²) >= 11 is 0. The summed E-state index contributed by atoms with van der Waals surface area (Å²) in [5, 5.41) is 7.31. The third-order valence-corrected chi connectivity index (χ3v) is 4.76. The van der Waals surface area contributed by atoms with Crippen LogP contribution in [0.2, 0.25) is 0 Å². The molecule has 0 saturated heterocycles. The van der Waals surface area contributed by atoms with Crippen LogP contribution in [0.1, 0.15) is 39.8 Å². The van der Waals surface area contributed by atoms with Crippen molar-refractivity contribution in [1.29, 1.82) is 0 Å². The predicted molar refractivity (Wildman–Crippen MR) is 99.5 cm³/mol. The molecular formula is C21H19N3O2. The number of nitrogens with one attached hydrogen (secondary N) is 1. The van der Waals surface area contributed by atoms with E-state index in [9.17, 15) is 9.59 Å². The van der Waals surface area contributed by atoms with Crippen LogP contribution in [0.3, 0.4) is 0 Å². The Morgan fingerprint density at radius 3 is 2.65 bits per heavy atom. The highest BCUT2D eigenvalue weighted by molar-refractivity contribution is 5.92. The summed E-state index contributed by atoms with van der Waals surface area (Å²) in [4.78, 5) is 25.1. The Kier molecular flexibility index (Phi) is 4.13. The van der Waals surface area contributed by atoms with Gasteiger partial charge in [0.05, 0.1) is 11.7 Å². The third-order valence-electron chi connectivity index (χ3n) is 4.76. The molecule has 0 radical (unpaired) electrons. The summed E-state index contributed by atoms with van der Waals surface area (Å²) in [6.45, 7) is 1.80. The van der Waals surface area contributed by atoms with E-state index in [1.54, 1.807) is 11.6 Å². The van der Waals surface area contributed by atoms with Gasteiger partial charge in [0.2, 0.25) is 5.43 Å². The summed E-state index contributed by atoms with van der Waals surface area (Å²) in [7, 11) is 0. The van der Waals surface area contributed by atoms with Crippen LogP contribution in [-0.2, 0) is 6.42 Å². The molecule has 1 aliphatic rings. The molecule has 5 nitrogen and oxygen atoms in total. The SMILES string of the molecule is Cc1cc(=O)c(C(=O)NC2CCc3ccccc32)nn1-c1ccccc1. The zero-order valence-electron chi connectivity index (χ0n) is 14.5. The molecule has 0 fully saturated rings. The average molecular weight is 345 g/mol. The van der Waals surface area contributed by atoms with Crippen molar-refractivity contribution in [1.82, 2.24) is 15.1 Å². The Labute approximate surface area is 151 Å². The van der Waals surface area contributed by atoms with Crippen molar-refractivity contribution < 1.29 is 4.79 Å². The first-order chi connectivity index (χ1) is 12.6. The zero-order valence-corrected chi connectivity index (χ0v) is 14.5. The first kappa shape index (κ1) is 16.3. The van der Waals surface area contributed by atoms with Crippen LogP contribution in [0.4, 0.5) is 0 Å². The quantitative estimate of drug-likeness (QED) is 0.794. The van der Waals surface area contributed by atoms with E-state index in [1.165, 1.54) is 11.6 Å². The number of carbonyl (C=O) groups is 1. The molecule has 0 bridgehead atoms. The molecular weight excluding hydrogens is 326 g/mol. The number of aryl methyl sites for hydroxylation is 2. The number of nitrogens with zero attached hydrogens (tertiary/aromatic N) is 2. The van der Waals surface area contributed by atoms with Gasteiger partial charge in [-0.25, -0.2) is 4.68 Å². The lowest BCUT2D eigenvalue weighted by Crippen LogP contribution is -2.33. The molecule has 130 valence electrons. The summed E-state index contributed by atoms with van der Waals surface area (Å²) in [6, 6.07) is 18.9. The van der Waals surface area contributed by atoms with Crippen molar-refractivity contribution in [3.05, 3.63) is 93.4 Å². The molecule has 1 unspecified atom stereocenters. The standard InChI is InChI=1S/C21H19N3O2/c1-14-13-19(25)20(23-24(14)16-8-3-2-4-9-16)21(26)22-18-12-11-15-7-5-6-10-17(15)18/h2-10,13,18H,11-12H2,1H3,(H,22,26). The normalized spacial score (nSPS) is 15.5. The van der Waals surface area contributed by atoms with Crippen molar-refractivity contribution in [3.8, 4) is 5.69 Å². The summed E-state index contributed by atoms with van der Waals surface area (Å²) in [5.41, 5.74) is 3.42. The number of hydrogen-bond donors (Lipinski definition) is 1. The molecule has 26 heavy (non-hydrogen) atoms. The van der Waals surface area contributed by atoms with E-state index in [1.807, 2.05) is 48.5 Å². The highest BCUT2D eigenvalue weighted by atomic mass is 16.2. The Morgan fingerprint density at radius 2 is 1.85 bits per heavy atom. The minimum absolute atomic E-state index is 0.0774. The zero-order chi connectivity index (χ0) is 18.1. The number of fused-ring (bicyclic) bond motifs is 1. The van der Waals surface area contributed by atoms with Gasteiger partial charge in [0.15, 0.2) is 5.69 Å². The van der Waals surface area contributed by atoms with Gasteiger partial charge < -0.3 is 5.32 Å². The summed E-state index contributed by atoms with van der Waals surface area (Å²) < 4.78 is 1.62. The number of aromatic nitrogens is 2. The molecule has 0 spiro atoms. The maximum atomic E-state index is 12.7. The molecule has 1 aromatic heterocycles. The molecule has 1 amide bonds. The van der Waals surface area contributed by atoms with E-state index in [0.29, 0.717) is 5.69 Å². The fourth-order valence-corrected chi connectivity index (χ4v) is 3.47. The average Bonchev–Trinajstić information content (AvgIpc) is 3.05. The van der Waals surface area contributed by atoms with E-state index < -0.39 is 5.91 Å². The second-order valence-corrected chi connectivity index (χ2v) is 6.51. The molecule has 1 aliphatic carbocycles. The van der Waals surface area contributed by atoms with Crippen LogP contribution in [0, 0.1) is 6.92 Å². The van der Waals surface area contributed by atoms with Crippen LogP contribution in [0.5, 0.6) is 0 Å². The van der Waals surface area contributed by atoms with E-state index in [2.05, 4.69) is 16.5 Å². The minimum Gasteiger partial charge on any atom is -0.344 e. The molecule has 1 atom stereocenters. The monoisotopic (exact) mass is 345 g/mol. The molecule has 0 saturated carbocycles. The van der Waals surface area contributed by atoms with Crippen LogP contribution in [-0.4, -0.2) is 15.7 Å². The molecule has 2 aromatic carbocycles. The minimum atomic E-state index is -0.429.